The first-order valence-corrected chi connectivity index (χ1v) is 9.62. The number of nitrogens with zero attached hydrogens (tertiary/aromatic N) is 3. The number of nitriles is 1. The third kappa shape index (κ3) is 6.11. The minimum absolute atomic E-state index is 0.0719. The van der Waals surface area contributed by atoms with Crippen LogP contribution >= 0.6 is 0 Å². The van der Waals surface area contributed by atoms with Crippen LogP contribution in [0.15, 0.2) is 77.9 Å². The number of ether oxygens (including phenoxy) is 2. The third-order valence-electron chi connectivity index (χ3n) is 4.42. The summed E-state index contributed by atoms with van der Waals surface area (Å²) in [5.74, 6) is -0.283. The fourth-order valence-electron chi connectivity index (χ4n) is 2.81. The van der Waals surface area contributed by atoms with Gasteiger partial charge in [0.05, 0.1) is 36.2 Å². The van der Waals surface area contributed by atoms with E-state index in [1.165, 1.54) is 43.7 Å². The molecule has 6 nitrogen and oxygen atoms in total. The normalized spacial score (nSPS) is 11.1. The summed E-state index contributed by atoms with van der Waals surface area (Å²) in [6.07, 6.45) is -3.22. The van der Waals surface area contributed by atoms with Crippen molar-refractivity contribution in [3.05, 3.63) is 89.5 Å². The molecule has 0 aliphatic heterocycles. The van der Waals surface area contributed by atoms with Gasteiger partial charge in [0.2, 0.25) is 0 Å². The summed E-state index contributed by atoms with van der Waals surface area (Å²) in [6.45, 7) is -0.537. The largest absolute Gasteiger partial charge is 0.493 e. The average molecular weight is 453 g/mol. The zero-order chi connectivity index (χ0) is 23.8. The van der Waals surface area contributed by atoms with Crippen molar-refractivity contribution in [1.82, 2.24) is 0 Å². The molecule has 33 heavy (non-hydrogen) atoms. The number of benzene rings is 3. The van der Waals surface area contributed by atoms with Crippen LogP contribution in [0.25, 0.3) is 0 Å². The van der Waals surface area contributed by atoms with E-state index in [0.29, 0.717) is 11.1 Å². The lowest BCUT2D eigenvalue weighted by atomic mass is 10.2. The maximum Gasteiger partial charge on any atom is 0.416 e. The van der Waals surface area contributed by atoms with Crippen molar-refractivity contribution in [2.24, 2.45) is 5.10 Å². The van der Waals surface area contributed by atoms with Gasteiger partial charge in [0, 0.05) is 6.07 Å². The Morgan fingerprint density at radius 2 is 1.82 bits per heavy atom. The Balaban J connectivity index is 1.88. The number of methoxy groups -OCH3 is 1. The number of rotatable bonds is 7. The van der Waals surface area contributed by atoms with E-state index < -0.39 is 24.3 Å². The summed E-state index contributed by atoms with van der Waals surface area (Å²) >= 11 is 0. The van der Waals surface area contributed by atoms with Crippen LogP contribution in [0.4, 0.5) is 18.9 Å². The Bertz CT molecular complexity index is 1190. The molecule has 0 spiro atoms. The van der Waals surface area contributed by atoms with Crippen LogP contribution in [0, 0.1) is 11.3 Å². The second kappa shape index (κ2) is 10.3. The maximum atomic E-state index is 13.2. The number of alkyl halides is 3. The highest BCUT2D eigenvalue weighted by Crippen LogP contribution is 2.32. The molecule has 0 atom stereocenters. The van der Waals surface area contributed by atoms with Gasteiger partial charge in [-0.2, -0.15) is 28.5 Å². The summed E-state index contributed by atoms with van der Waals surface area (Å²) in [6, 6.07) is 19.4. The summed E-state index contributed by atoms with van der Waals surface area (Å²) < 4.78 is 50.3. The molecule has 0 N–H and O–H groups in total. The van der Waals surface area contributed by atoms with Crippen molar-refractivity contribution in [3.8, 4) is 17.6 Å². The second-order valence-electron chi connectivity index (χ2n) is 6.67. The van der Waals surface area contributed by atoms with E-state index in [9.17, 15) is 18.0 Å². The third-order valence-corrected chi connectivity index (χ3v) is 4.42. The smallest absolute Gasteiger partial charge is 0.416 e. The monoisotopic (exact) mass is 453 g/mol. The number of halogens is 3. The van der Waals surface area contributed by atoms with E-state index >= 15 is 0 Å². The van der Waals surface area contributed by atoms with Gasteiger partial charge >= 0.3 is 6.18 Å². The number of carbonyl (C=O) groups excluding carboxylic acids is 1. The first-order chi connectivity index (χ1) is 15.8. The number of amides is 1. The SMILES string of the molecule is COc1cc(C#N)ccc1OCC(=O)N(/N=C/c1ccccc1)c1cccc(C(F)(F)F)c1. The Morgan fingerprint density at radius 3 is 2.48 bits per heavy atom. The van der Waals surface area contributed by atoms with Gasteiger partial charge < -0.3 is 9.47 Å². The van der Waals surface area contributed by atoms with Crippen molar-refractivity contribution in [2.75, 3.05) is 18.7 Å². The highest BCUT2D eigenvalue weighted by molar-refractivity contribution is 5.96. The lowest BCUT2D eigenvalue weighted by molar-refractivity contribution is -0.137. The number of anilines is 1. The average Bonchev–Trinajstić information content (AvgIpc) is 2.83. The first-order valence-electron chi connectivity index (χ1n) is 9.62. The number of hydrogen-bond acceptors (Lipinski definition) is 5. The zero-order valence-corrected chi connectivity index (χ0v) is 17.4. The van der Waals surface area contributed by atoms with Gasteiger partial charge in [0.1, 0.15) is 0 Å². The molecule has 0 heterocycles. The predicted octanol–water partition coefficient (Wildman–Crippen LogP) is 5.03. The van der Waals surface area contributed by atoms with Crippen LogP contribution in [0.1, 0.15) is 16.7 Å². The highest BCUT2D eigenvalue weighted by atomic mass is 19.4. The molecule has 0 aliphatic carbocycles. The van der Waals surface area contributed by atoms with E-state index in [-0.39, 0.29) is 17.2 Å². The number of carbonyl (C=O) groups is 1. The Kier molecular flexibility index (Phi) is 7.31. The molecule has 3 aromatic rings. The van der Waals surface area contributed by atoms with E-state index in [1.807, 2.05) is 6.07 Å². The molecule has 3 rings (SSSR count). The van der Waals surface area contributed by atoms with Gasteiger partial charge in [-0.05, 0) is 35.9 Å². The van der Waals surface area contributed by atoms with Crippen molar-refractivity contribution in [3.63, 3.8) is 0 Å². The standard InChI is InChI=1S/C24H18F3N3O3/c1-32-22-12-18(14-28)10-11-21(22)33-16-23(31)30(29-15-17-6-3-2-4-7-17)20-9-5-8-19(13-20)24(25,26)27/h2-13,15H,16H2,1H3/b29-15+. The summed E-state index contributed by atoms with van der Waals surface area (Å²) in [5.41, 5.74) is 0.000302. The molecule has 0 fully saturated rings. The Hall–Kier alpha value is -4.32. The fourth-order valence-corrected chi connectivity index (χ4v) is 2.81. The molecule has 0 unspecified atom stereocenters. The molecule has 3 aromatic carbocycles. The van der Waals surface area contributed by atoms with Crippen molar-refractivity contribution in [2.45, 2.75) is 6.18 Å². The molecule has 0 bridgehead atoms. The van der Waals surface area contributed by atoms with Crippen molar-refractivity contribution >= 4 is 17.8 Å². The Morgan fingerprint density at radius 1 is 1.06 bits per heavy atom. The van der Waals surface area contributed by atoms with Gasteiger partial charge in [0.25, 0.3) is 5.91 Å². The molecule has 0 saturated carbocycles. The lowest BCUT2D eigenvalue weighted by Gasteiger charge is -2.19. The highest BCUT2D eigenvalue weighted by Gasteiger charge is 2.31. The van der Waals surface area contributed by atoms with Crippen LogP contribution in [0.3, 0.4) is 0 Å². The minimum atomic E-state index is -4.58. The maximum absolute atomic E-state index is 13.2. The summed E-state index contributed by atoms with van der Waals surface area (Å²) in [5, 5.41) is 13.9. The molecular weight excluding hydrogens is 435 g/mol. The predicted molar refractivity (Wildman–Crippen MR) is 116 cm³/mol. The van der Waals surface area contributed by atoms with Crippen molar-refractivity contribution < 1.29 is 27.4 Å². The Labute approximate surface area is 188 Å². The number of hydrogen-bond donors (Lipinski definition) is 0. The van der Waals surface area contributed by atoms with Crippen LogP contribution in [-0.2, 0) is 11.0 Å². The van der Waals surface area contributed by atoms with Crippen LogP contribution < -0.4 is 14.5 Å². The fraction of sp³-hybridized carbons (Fsp3) is 0.125. The molecule has 0 saturated heterocycles. The van der Waals surface area contributed by atoms with Gasteiger partial charge in [-0.1, -0.05) is 36.4 Å². The van der Waals surface area contributed by atoms with E-state index in [1.54, 1.807) is 30.3 Å². The van der Waals surface area contributed by atoms with Crippen LogP contribution in [0.5, 0.6) is 11.5 Å². The molecule has 0 aliphatic rings. The summed E-state index contributed by atoms with van der Waals surface area (Å²) in [4.78, 5) is 12.9. The molecule has 0 radical (unpaired) electrons. The quantitative estimate of drug-likeness (QED) is 0.371. The molecule has 9 heteroatoms. The lowest BCUT2D eigenvalue weighted by Crippen LogP contribution is -2.31. The van der Waals surface area contributed by atoms with Gasteiger partial charge in [-0.25, -0.2) is 0 Å². The summed E-state index contributed by atoms with van der Waals surface area (Å²) in [7, 11) is 1.38. The zero-order valence-electron chi connectivity index (χ0n) is 17.4. The van der Waals surface area contributed by atoms with Crippen molar-refractivity contribution in [1.29, 1.82) is 5.26 Å². The second-order valence-corrected chi connectivity index (χ2v) is 6.67. The van der Waals surface area contributed by atoms with E-state index in [2.05, 4.69) is 5.10 Å². The van der Waals surface area contributed by atoms with Crippen LogP contribution in [-0.4, -0.2) is 25.8 Å². The minimum Gasteiger partial charge on any atom is -0.493 e. The van der Waals surface area contributed by atoms with Crippen LogP contribution in [0.2, 0.25) is 0 Å². The van der Waals surface area contributed by atoms with E-state index in [0.717, 1.165) is 17.1 Å². The molecule has 0 aromatic heterocycles. The topological polar surface area (TPSA) is 74.9 Å². The van der Waals surface area contributed by atoms with Gasteiger partial charge in [0.15, 0.2) is 18.1 Å². The van der Waals surface area contributed by atoms with Gasteiger partial charge in [-0.15, -0.1) is 0 Å². The first kappa shape index (κ1) is 23.3. The molecular formula is C24H18F3N3O3. The van der Waals surface area contributed by atoms with Gasteiger partial charge in [-0.3, -0.25) is 4.79 Å². The number of hydrazone groups is 1. The van der Waals surface area contributed by atoms with E-state index in [4.69, 9.17) is 14.7 Å². The molecule has 1 amide bonds. The molecule has 168 valence electrons.